The number of hydrogen-bond donors (Lipinski definition) is 0. The summed E-state index contributed by atoms with van der Waals surface area (Å²) in [6, 6.07) is 1.87. The maximum absolute atomic E-state index is 5.80. The van der Waals surface area contributed by atoms with E-state index in [1.54, 1.807) is 6.20 Å². The second-order valence-corrected chi connectivity index (χ2v) is 4.23. The van der Waals surface area contributed by atoms with Crippen LogP contribution in [0.1, 0.15) is 18.5 Å². The first-order valence-electron chi connectivity index (χ1n) is 5.38. The van der Waals surface area contributed by atoms with Crippen LogP contribution in [0.15, 0.2) is 18.5 Å². The summed E-state index contributed by atoms with van der Waals surface area (Å²) in [4.78, 5) is 8.11. The predicted molar refractivity (Wildman–Crippen MR) is 61.2 cm³/mol. The molecule has 4 nitrogen and oxygen atoms in total. The number of aryl methyl sites for hydroxylation is 1. The Morgan fingerprint density at radius 1 is 1.31 bits per heavy atom. The molecule has 1 aliphatic rings. The summed E-state index contributed by atoms with van der Waals surface area (Å²) >= 11 is 5.80. The van der Waals surface area contributed by atoms with E-state index < -0.39 is 0 Å². The van der Waals surface area contributed by atoms with Crippen LogP contribution in [0.2, 0.25) is 5.28 Å². The van der Waals surface area contributed by atoms with Gasteiger partial charge in [-0.1, -0.05) is 0 Å². The molecule has 5 heteroatoms. The molecular weight excluding hydrogens is 224 g/mol. The summed E-state index contributed by atoms with van der Waals surface area (Å²) in [7, 11) is 0. The number of halogens is 1. The third kappa shape index (κ3) is 1.59. The number of fused-ring (bicyclic) bond motifs is 1. The third-order valence-corrected chi connectivity index (χ3v) is 3.07. The zero-order valence-corrected chi connectivity index (χ0v) is 9.48. The molecule has 0 saturated heterocycles. The largest absolute Gasteiger partial charge is 0.269 e. The third-order valence-electron chi connectivity index (χ3n) is 2.88. The van der Waals surface area contributed by atoms with E-state index in [9.17, 15) is 0 Å². The number of aromatic nitrogens is 4. The Kier molecular flexibility index (Phi) is 2.36. The molecule has 0 unspecified atom stereocenters. The Hall–Kier alpha value is -1.42. The van der Waals surface area contributed by atoms with Gasteiger partial charge >= 0.3 is 0 Å². The van der Waals surface area contributed by atoms with E-state index in [-0.39, 0.29) is 5.28 Å². The monoisotopic (exact) mass is 234 g/mol. The van der Waals surface area contributed by atoms with E-state index in [2.05, 4.69) is 19.7 Å². The molecular formula is C11H11ClN4. The summed E-state index contributed by atoms with van der Waals surface area (Å²) < 4.78 is 2.06. The molecule has 0 bridgehead atoms. The van der Waals surface area contributed by atoms with Crippen LogP contribution in [0.5, 0.6) is 0 Å². The van der Waals surface area contributed by atoms with Crippen molar-refractivity contribution in [1.82, 2.24) is 19.7 Å². The zero-order valence-electron chi connectivity index (χ0n) is 8.73. The highest BCUT2D eigenvalue weighted by atomic mass is 35.5. The molecule has 0 radical (unpaired) electrons. The van der Waals surface area contributed by atoms with Crippen molar-refractivity contribution in [3.63, 3.8) is 0 Å². The molecule has 1 aliphatic heterocycles. The first kappa shape index (κ1) is 9.78. The number of hydrogen-bond acceptors (Lipinski definition) is 3. The minimum absolute atomic E-state index is 0.285. The number of rotatable bonds is 1. The minimum atomic E-state index is 0.285. The molecule has 16 heavy (non-hydrogen) atoms. The first-order valence-corrected chi connectivity index (χ1v) is 5.76. The zero-order chi connectivity index (χ0) is 11.0. The topological polar surface area (TPSA) is 43.6 Å². The van der Waals surface area contributed by atoms with Gasteiger partial charge in [-0.3, -0.25) is 4.68 Å². The van der Waals surface area contributed by atoms with Crippen molar-refractivity contribution >= 4 is 11.6 Å². The Morgan fingerprint density at radius 3 is 3.12 bits per heavy atom. The van der Waals surface area contributed by atoms with Crippen molar-refractivity contribution in [3.8, 4) is 11.3 Å². The average molecular weight is 235 g/mol. The lowest BCUT2D eigenvalue weighted by Gasteiger charge is -2.14. The Balaban J connectivity index is 2.09. The molecule has 0 amide bonds. The average Bonchev–Trinajstić information content (AvgIpc) is 2.72. The summed E-state index contributed by atoms with van der Waals surface area (Å²) in [6.07, 6.45) is 7.05. The van der Waals surface area contributed by atoms with E-state index in [0.29, 0.717) is 0 Å². The molecule has 0 spiro atoms. The van der Waals surface area contributed by atoms with Gasteiger partial charge in [0.2, 0.25) is 5.28 Å². The van der Waals surface area contributed by atoms with Crippen molar-refractivity contribution in [2.75, 3.05) is 0 Å². The summed E-state index contributed by atoms with van der Waals surface area (Å²) in [5, 5.41) is 4.66. The molecule has 2 aromatic heterocycles. The van der Waals surface area contributed by atoms with Gasteiger partial charge in [0.15, 0.2) is 0 Å². The SMILES string of the molecule is Clc1nccc(-c2cnn3c2CCCC3)n1. The van der Waals surface area contributed by atoms with Gasteiger partial charge in [0.05, 0.1) is 11.9 Å². The van der Waals surface area contributed by atoms with Crippen molar-refractivity contribution in [1.29, 1.82) is 0 Å². The molecule has 0 N–H and O–H groups in total. The second-order valence-electron chi connectivity index (χ2n) is 3.90. The highest BCUT2D eigenvalue weighted by Gasteiger charge is 2.16. The fraction of sp³-hybridized carbons (Fsp3) is 0.364. The van der Waals surface area contributed by atoms with Gasteiger partial charge in [0, 0.05) is 24.0 Å². The summed E-state index contributed by atoms with van der Waals surface area (Å²) in [5.41, 5.74) is 3.22. The van der Waals surface area contributed by atoms with E-state index in [1.807, 2.05) is 12.3 Å². The van der Waals surface area contributed by atoms with Crippen molar-refractivity contribution in [2.45, 2.75) is 25.8 Å². The van der Waals surface area contributed by atoms with E-state index >= 15 is 0 Å². The van der Waals surface area contributed by atoms with E-state index in [4.69, 9.17) is 11.6 Å². The molecule has 3 rings (SSSR count). The molecule has 0 aliphatic carbocycles. The molecule has 2 aromatic rings. The van der Waals surface area contributed by atoms with Gasteiger partial charge in [0.25, 0.3) is 0 Å². The quantitative estimate of drug-likeness (QED) is 0.712. The molecule has 0 aromatic carbocycles. The van der Waals surface area contributed by atoms with Gasteiger partial charge in [-0.05, 0) is 36.9 Å². The van der Waals surface area contributed by atoms with Crippen LogP contribution < -0.4 is 0 Å². The van der Waals surface area contributed by atoms with Gasteiger partial charge in [-0.15, -0.1) is 0 Å². The fourth-order valence-corrected chi connectivity index (χ4v) is 2.27. The fourth-order valence-electron chi connectivity index (χ4n) is 2.12. The molecule has 82 valence electrons. The van der Waals surface area contributed by atoms with Crippen molar-refractivity contribution in [2.24, 2.45) is 0 Å². The van der Waals surface area contributed by atoms with Gasteiger partial charge in [0.1, 0.15) is 0 Å². The van der Waals surface area contributed by atoms with Crippen LogP contribution in [-0.4, -0.2) is 19.7 Å². The lowest BCUT2D eigenvalue weighted by molar-refractivity contribution is 0.487. The maximum Gasteiger partial charge on any atom is 0.222 e. The van der Waals surface area contributed by atoms with Crippen molar-refractivity contribution in [3.05, 3.63) is 29.4 Å². The lowest BCUT2D eigenvalue weighted by atomic mass is 10.0. The van der Waals surface area contributed by atoms with Gasteiger partial charge < -0.3 is 0 Å². The van der Waals surface area contributed by atoms with Crippen molar-refractivity contribution < 1.29 is 0 Å². The Labute approximate surface area is 98.3 Å². The Morgan fingerprint density at radius 2 is 2.25 bits per heavy atom. The summed E-state index contributed by atoms with van der Waals surface area (Å²) in [5.74, 6) is 0. The second kappa shape index (κ2) is 3.87. The van der Waals surface area contributed by atoms with Crippen LogP contribution in [0, 0.1) is 0 Å². The molecule has 0 saturated carbocycles. The predicted octanol–water partition coefficient (Wildman–Crippen LogP) is 2.33. The van der Waals surface area contributed by atoms with Gasteiger partial charge in [-0.25, -0.2) is 9.97 Å². The molecule has 0 atom stereocenters. The first-order chi connectivity index (χ1) is 7.84. The minimum Gasteiger partial charge on any atom is -0.269 e. The van der Waals surface area contributed by atoms with Crippen LogP contribution >= 0.6 is 11.6 Å². The maximum atomic E-state index is 5.80. The Bertz CT molecular complexity index is 520. The smallest absolute Gasteiger partial charge is 0.222 e. The van der Waals surface area contributed by atoms with E-state index in [0.717, 1.165) is 24.2 Å². The van der Waals surface area contributed by atoms with E-state index in [1.165, 1.54) is 18.5 Å². The molecule has 3 heterocycles. The highest BCUT2D eigenvalue weighted by molar-refractivity contribution is 6.28. The summed E-state index contributed by atoms with van der Waals surface area (Å²) in [6.45, 7) is 1.01. The van der Waals surface area contributed by atoms with Crippen LogP contribution in [0.25, 0.3) is 11.3 Å². The lowest BCUT2D eigenvalue weighted by Crippen LogP contribution is -2.11. The highest BCUT2D eigenvalue weighted by Crippen LogP contribution is 2.26. The normalized spacial score (nSPS) is 14.8. The molecule has 0 fully saturated rings. The van der Waals surface area contributed by atoms with Crippen LogP contribution in [0.3, 0.4) is 0 Å². The van der Waals surface area contributed by atoms with Crippen LogP contribution in [-0.2, 0) is 13.0 Å². The standard InChI is InChI=1S/C11H11ClN4/c12-11-13-5-4-9(15-11)8-7-14-16-6-2-1-3-10(8)16/h4-5,7H,1-3,6H2. The number of nitrogens with zero attached hydrogens (tertiary/aromatic N) is 4. The van der Waals surface area contributed by atoms with Gasteiger partial charge in [-0.2, -0.15) is 5.10 Å². The van der Waals surface area contributed by atoms with Crippen LogP contribution in [0.4, 0.5) is 0 Å².